The Morgan fingerprint density at radius 1 is 0.929 bits per heavy atom. The minimum absolute atomic E-state index is 0.0337. The molecule has 1 atom stereocenters. The third-order valence-corrected chi connectivity index (χ3v) is 5.23. The molecule has 28 heavy (non-hydrogen) atoms. The average molecular weight is 398 g/mol. The van der Waals surface area contributed by atoms with Crippen LogP contribution in [0, 0.1) is 0 Å². The van der Waals surface area contributed by atoms with Gasteiger partial charge in [-0.2, -0.15) is 8.42 Å². The summed E-state index contributed by atoms with van der Waals surface area (Å²) in [7, 11) is -4.45. The molecule has 6 nitrogen and oxygen atoms in total. The van der Waals surface area contributed by atoms with Crippen LogP contribution in [0.3, 0.4) is 0 Å². The standard InChI is InChI=1S/C21H23N3O3S/c1-17(16-24(28(25,26)27)20-14-8-9-15-22-20)23-21(18-10-4-2-5-11-18)19-12-6-3-7-13-19/h2-15,17,21,23H,16H2,1H3,(H,25,26,27)/t17-/m0/s1. The minimum Gasteiger partial charge on any atom is -0.302 e. The molecule has 0 spiro atoms. The number of nitrogens with zero attached hydrogens (tertiary/aromatic N) is 2. The zero-order valence-electron chi connectivity index (χ0n) is 15.5. The van der Waals surface area contributed by atoms with Crippen LogP contribution < -0.4 is 9.62 Å². The Morgan fingerprint density at radius 2 is 1.46 bits per heavy atom. The van der Waals surface area contributed by atoms with Crippen molar-refractivity contribution in [2.45, 2.75) is 19.0 Å². The summed E-state index contributed by atoms with van der Waals surface area (Å²) in [6, 6.07) is 24.4. The summed E-state index contributed by atoms with van der Waals surface area (Å²) < 4.78 is 34.4. The molecule has 2 aromatic carbocycles. The van der Waals surface area contributed by atoms with Crippen LogP contribution in [-0.2, 0) is 10.3 Å². The fourth-order valence-electron chi connectivity index (χ4n) is 3.07. The van der Waals surface area contributed by atoms with E-state index >= 15 is 0 Å². The van der Waals surface area contributed by atoms with Crippen molar-refractivity contribution in [3.8, 4) is 0 Å². The number of benzene rings is 2. The second-order valence-electron chi connectivity index (χ2n) is 6.52. The Bertz CT molecular complexity index is 928. The summed E-state index contributed by atoms with van der Waals surface area (Å²) in [5.74, 6) is 0.176. The molecule has 0 amide bonds. The van der Waals surface area contributed by atoms with E-state index in [-0.39, 0.29) is 24.4 Å². The number of hydrogen-bond donors (Lipinski definition) is 2. The highest BCUT2D eigenvalue weighted by molar-refractivity contribution is 7.87. The lowest BCUT2D eigenvalue weighted by atomic mass is 9.98. The molecule has 7 heteroatoms. The first kappa shape index (κ1) is 20.0. The van der Waals surface area contributed by atoms with Crippen LogP contribution >= 0.6 is 0 Å². The molecule has 0 fully saturated rings. The maximum Gasteiger partial charge on any atom is 0.361 e. The highest BCUT2D eigenvalue weighted by atomic mass is 32.2. The third kappa shape index (κ3) is 5.16. The lowest BCUT2D eigenvalue weighted by Crippen LogP contribution is -2.44. The molecule has 1 heterocycles. The summed E-state index contributed by atoms with van der Waals surface area (Å²) >= 11 is 0. The van der Waals surface area contributed by atoms with Gasteiger partial charge in [-0.15, -0.1) is 0 Å². The lowest BCUT2D eigenvalue weighted by Gasteiger charge is -2.28. The van der Waals surface area contributed by atoms with Crippen LogP contribution in [0.25, 0.3) is 0 Å². The quantitative estimate of drug-likeness (QED) is 0.569. The van der Waals surface area contributed by atoms with Crippen molar-refractivity contribution in [3.63, 3.8) is 0 Å². The highest BCUT2D eigenvalue weighted by Gasteiger charge is 2.25. The molecule has 0 bridgehead atoms. The topological polar surface area (TPSA) is 82.5 Å². The van der Waals surface area contributed by atoms with E-state index in [0.29, 0.717) is 0 Å². The maximum absolute atomic E-state index is 11.9. The molecule has 0 radical (unpaired) electrons. The van der Waals surface area contributed by atoms with Gasteiger partial charge in [-0.25, -0.2) is 9.29 Å². The van der Waals surface area contributed by atoms with Crippen LogP contribution in [0.2, 0.25) is 0 Å². The molecule has 0 aliphatic rings. The SMILES string of the molecule is C[C@@H](CN(c1ccccn1)S(=O)(=O)O)NC(c1ccccc1)c1ccccc1. The van der Waals surface area contributed by atoms with E-state index < -0.39 is 10.3 Å². The van der Waals surface area contributed by atoms with Crippen LogP contribution in [0.5, 0.6) is 0 Å². The lowest BCUT2D eigenvalue weighted by molar-refractivity contribution is 0.460. The van der Waals surface area contributed by atoms with Crippen molar-refractivity contribution >= 4 is 16.1 Å². The van der Waals surface area contributed by atoms with Crippen molar-refractivity contribution in [2.24, 2.45) is 0 Å². The Kier molecular flexibility index (Phi) is 6.41. The maximum atomic E-state index is 11.9. The summed E-state index contributed by atoms with van der Waals surface area (Å²) in [6.07, 6.45) is 1.49. The highest BCUT2D eigenvalue weighted by Crippen LogP contribution is 2.23. The second-order valence-corrected chi connectivity index (χ2v) is 7.86. The molecule has 0 aliphatic heterocycles. The summed E-state index contributed by atoms with van der Waals surface area (Å²) in [6.45, 7) is 1.91. The Hall–Kier alpha value is -2.74. The van der Waals surface area contributed by atoms with E-state index in [1.807, 2.05) is 67.6 Å². The van der Waals surface area contributed by atoms with E-state index in [2.05, 4.69) is 10.3 Å². The van der Waals surface area contributed by atoms with E-state index in [1.165, 1.54) is 6.20 Å². The van der Waals surface area contributed by atoms with Crippen molar-refractivity contribution in [1.29, 1.82) is 0 Å². The van der Waals surface area contributed by atoms with Crippen molar-refractivity contribution in [3.05, 3.63) is 96.2 Å². The number of aromatic nitrogens is 1. The first-order chi connectivity index (χ1) is 13.4. The first-order valence-corrected chi connectivity index (χ1v) is 10.4. The van der Waals surface area contributed by atoms with E-state index in [4.69, 9.17) is 0 Å². The van der Waals surface area contributed by atoms with Crippen LogP contribution in [-0.4, -0.2) is 30.5 Å². The Morgan fingerprint density at radius 3 is 1.93 bits per heavy atom. The van der Waals surface area contributed by atoms with Crippen molar-refractivity contribution in [2.75, 3.05) is 10.8 Å². The van der Waals surface area contributed by atoms with E-state index in [0.717, 1.165) is 15.4 Å². The largest absolute Gasteiger partial charge is 0.361 e. The van der Waals surface area contributed by atoms with Gasteiger partial charge in [0, 0.05) is 12.2 Å². The molecule has 3 aromatic rings. The van der Waals surface area contributed by atoms with Gasteiger partial charge in [0.25, 0.3) is 0 Å². The molecular weight excluding hydrogens is 374 g/mol. The molecular formula is C21H23N3O3S. The minimum atomic E-state index is -4.45. The molecule has 146 valence electrons. The fraction of sp³-hybridized carbons (Fsp3) is 0.190. The second kappa shape index (κ2) is 8.97. The van der Waals surface area contributed by atoms with Gasteiger partial charge in [-0.1, -0.05) is 66.7 Å². The molecule has 0 saturated carbocycles. The molecule has 0 unspecified atom stereocenters. The molecule has 0 aliphatic carbocycles. The van der Waals surface area contributed by atoms with E-state index in [1.54, 1.807) is 18.2 Å². The van der Waals surface area contributed by atoms with Gasteiger partial charge in [0.15, 0.2) is 0 Å². The summed E-state index contributed by atoms with van der Waals surface area (Å²) in [5.41, 5.74) is 2.13. The van der Waals surface area contributed by atoms with Crippen molar-refractivity contribution in [1.82, 2.24) is 10.3 Å². The number of pyridine rings is 1. The van der Waals surface area contributed by atoms with Gasteiger partial charge in [0.1, 0.15) is 5.82 Å². The third-order valence-electron chi connectivity index (χ3n) is 4.34. The van der Waals surface area contributed by atoms with Gasteiger partial charge in [0.2, 0.25) is 0 Å². The Balaban J connectivity index is 1.84. The number of anilines is 1. The molecule has 3 rings (SSSR count). The summed E-state index contributed by atoms with van der Waals surface area (Å²) in [4.78, 5) is 4.05. The predicted octanol–water partition coefficient (Wildman–Crippen LogP) is 3.46. The number of nitrogens with one attached hydrogen (secondary N) is 1. The van der Waals surface area contributed by atoms with Crippen LogP contribution in [0.4, 0.5) is 5.82 Å². The van der Waals surface area contributed by atoms with Crippen LogP contribution in [0.1, 0.15) is 24.1 Å². The van der Waals surface area contributed by atoms with Crippen molar-refractivity contribution < 1.29 is 13.0 Å². The first-order valence-electron chi connectivity index (χ1n) is 8.97. The van der Waals surface area contributed by atoms with Gasteiger partial charge < -0.3 is 5.32 Å². The molecule has 0 saturated heterocycles. The van der Waals surface area contributed by atoms with Gasteiger partial charge in [0.05, 0.1) is 12.6 Å². The molecule has 2 N–H and O–H groups in total. The van der Waals surface area contributed by atoms with Gasteiger partial charge in [-0.3, -0.25) is 4.55 Å². The fourth-order valence-corrected chi connectivity index (χ4v) is 3.83. The average Bonchev–Trinajstić information content (AvgIpc) is 2.71. The number of rotatable bonds is 8. The van der Waals surface area contributed by atoms with Gasteiger partial charge >= 0.3 is 10.3 Å². The number of hydrogen-bond acceptors (Lipinski definition) is 4. The monoisotopic (exact) mass is 397 g/mol. The molecule has 1 aromatic heterocycles. The Labute approximate surface area is 165 Å². The predicted molar refractivity (Wildman–Crippen MR) is 110 cm³/mol. The summed E-state index contributed by atoms with van der Waals surface area (Å²) in [5, 5.41) is 3.48. The zero-order chi connectivity index (χ0) is 20.0. The zero-order valence-corrected chi connectivity index (χ0v) is 16.3. The smallest absolute Gasteiger partial charge is 0.302 e. The normalized spacial score (nSPS) is 12.7. The van der Waals surface area contributed by atoms with E-state index in [9.17, 15) is 13.0 Å². The van der Waals surface area contributed by atoms with Gasteiger partial charge in [-0.05, 0) is 30.2 Å². The van der Waals surface area contributed by atoms with Crippen LogP contribution in [0.15, 0.2) is 85.1 Å².